The molecular weight excluding hydrogens is 276 g/mol. The van der Waals surface area contributed by atoms with Gasteiger partial charge in [-0.3, -0.25) is 4.79 Å². The van der Waals surface area contributed by atoms with E-state index in [2.05, 4.69) is 6.92 Å². The zero-order valence-electron chi connectivity index (χ0n) is 12.0. The predicted molar refractivity (Wildman–Crippen MR) is 81.8 cm³/mol. The molecule has 1 aliphatic rings. The van der Waals surface area contributed by atoms with E-state index in [1.807, 2.05) is 16.7 Å². The number of amides is 1. The Morgan fingerprint density at radius 1 is 1.40 bits per heavy atom. The zero-order valence-corrected chi connectivity index (χ0v) is 12.8. The number of ether oxygens (including phenoxy) is 2. The third kappa shape index (κ3) is 2.80. The number of nitrogens with zero attached hydrogens (tertiary/aromatic N) is 1. The maximum Gasteiger partial charge on any atom is 0.256 e. The third-order valence-corrected chi connectivity index (χ3v) is 4.62. The topological polar surface area (TPSA) is 64.8 Å². The number of nitrogen functional groups attached to an aromatic ring is 1. The van der Waals surface area contributed by atoms with Crippen LogP contribution in [0, 0.1) is 0 Å². The normalized spacial score (nSPS) is 18.8. The van der Waals surface area contributed by atoms with Gasteiger partial charge in [0.15, 0.2) is 0 Å². The minimum atomic E-state index is -0.0625. The Labute approximate surface area is 123 Å². The molecule has 0 spiro atoms. The van der Waals surface area contributed by atoms with Crippen molar-refractivity contribution in [2.45, 2.75) is 13.0 Å². The van der Waals surface area contributed by atoms with Gasteiger partial charge in [0.2, 0.25) is 0 Å². The van der Waals surface area contributed by atoms with Gasteiger partial charge in [0, 0.05) is 30.2 Å². The molecule has 2 rings (SSSR count). The fourth-order valence-electron chi connectivity index (χ4n) is 2.25. The average molecular weight is 296 g/mol. The second-order valence-corrected chi connectivity index (χ2v) is 5.86. The van der Waals surface area contributed by atoms with Crippen molar-refractivity contribution in [3.8, 4) is 11.5 Å². The quantitative estimate of drug-likeness (QED) is 0.863. The minimum Gasteiger partial charge on any atom is -0.497 e. The smallest absolute Gasteiger partial charge is 0.256 e. The van der Waals surface area contributed by atoms with Crippen molar-refractivity contribution in [1.82, 2.24) is 4.90 Å². The SMILES string of the molecule is COc1cc(OC)c(N)c(C(=O)N2CCSCC2C)c1. The van der Waals surface area contributed by atoms with E-state index in [9.17, 15) is 4.79 Å². The second kappa shape index (κ2) is 6.26. The van der Waals surface area contributed by atoms with Crippen LogP contribution in [0.3, 0.4) is 0 Å². The van der Waals surface area contributed by atoms with Crippen LogP contribution in [0.25, 0.3) is 0 Å². The lowest BCUT2D eigenvalue weighted by Gasteiger charge is -2.33. The van der Waals surface area contributed by atoms with Crippen LogP contribution in [-0.2, 0) is 0 Å². The van der Waals surface area contributed by atoms with Gasteiger partial charge in [-0.2, -0.15) is 11.8 Å². The van der Waals surface area contributed by atoms with E-state index in [1.165, 1.54) is 7.11 Å². The number of carbonyl (C=O) groups is 1. The summed E-state index contributed by atoms with van der Waals surface area (Å²) in [5.74, 6) is 2.88. The molecule has 20 heavy (non-hydrogen) atoms. The van der Waals surface area contributed by atoms with E-state index >= 15 is 0 Å². The first-order valence-electron chi connectivity index (χ1n) is 6.48. The van der Waals surface area contributed by atoms with Crippen molar-refractivity contribution in [2.75, 3.05) is 38.0 Å². The van der Waals surface area contributed by atoms with Crippen molar-refractivity contribution >= 4 is 23.4 Å². The van der Waals surface area contributed by atoms with E-state index < -0.39 is 0 Å². The molecule has 6 heteroatoms. The van der Waals surface area contributed by atoms with Crippen molar-refractivity contribution in [1.29, 1.82) is 0 Å². The predicted octanol–water partition coefficient (Wildman–Crippen LogP) is 1.86. The van der Waals surface area contributed by atoms with Gasteiger partial charge in [0.1, 0.15) is 11.5 Å². The number of carbonyl (C=O) groups excluding carboxylic acids is 1. The number of hydrogen-bond donors (Lipinski definition) is 1. The van der Waals surface area contributed by atoms with Crippen molar-refractivity contribution in [3.05, 3.63) is 17.7 Å². The van der Waals surface area contributed by atoms with Crippen LogP contribution < -0.4 is 15.2 Å². The number of nitrogens with two attached hydrogens (primary N) is 1. The molecule has 2 N–H and O–H groups in total. The van der Waals surface area contributed by atoms with E-state index in [1.54, 1.807) is 19.2 Å². The van der Waals surface area contributed by atoms with Gasteiger partial charge in [-0.05, 0) is 13.0 Å². The zero-order chi connectivity index (χ0) is 14.7. The van der Waals surface area contributed by atoms with E-state index in [-0.39, 0.29) is 11.9 Å². The lowest BCUT2D eigenvalue weighted by atomic mass is 10.1. The molecule has 0 radical (unpaired) electrons. The monoisotopic (exact) mass is 296 g/mol. The molecule has 1 amide bonds. The summed E-state index contributed by atoms with van der Waals surface area (Å²) >= 11 is 1.86. The molecule has 0 saturated carbocycles. The van der Waals surface area contributed by atoms with Gasteiger partial charge < -0.3 is 20.1 Å². The van der Waals surface area contributed by atoms with E-state index in [0.717, 1.165) is 18.1 Å². The summed E-state index contributed by atoms with van der Waals surface area (Å²) in [7, 11) is 3.08. The highest BCUT2D eigenvalue weighted by molar-refractivity contribution is 7.99. The second-order valence-electron chi connectivity index (χ2n) is 4.71. The molecule has 1 aliphatic heterocycles. The lowest BCUT2D eigenvalue weighted by Crippen LogP contribution is -2.44. The molecule has 1 fully saturated rings. The van der Waals surface area contributed by atoms with Crippen molar-refractivity contribution in [2.24, 2.45) is 0 Å². The first-order valence-corrected chi connectivity index (χ1v) is 7.64. The average Bonchev–Trinajstić information content (AvgIpc) is 2.47. The highest BCUT2D eigenvalue weighted by Crippen LogP contribution is 2.32. The molecule has 110 valence electrons. The minimum absolute atomic E-state index is 0.0625. The standard InChI is InChI=1S/C14H20N2O3S/c1-9-8-20-5-4-16(9)14(17)11-6-10(18-2)7-12(19-3)13(11)15/h6-7,9H,4-5,8,15H2,1-3H3. The molecule has 0 bridgehead atoms. The first-order chi connectivity index (χ1) is 9.58. The number of rotatable bonds is 3. The van der Waals surface area contributed by atoms with Crippen LogP contribution in [0.4, 0.5) is 5.69 Å². The Bertz CT molecular complexity index is 507. The molecule has 5 nitrogen and oxygen atoms in total. The van der Waals surface area contributed by atoms with Crippen molar-refractivity contribution in [3.63, 3.8) is 0 Å². The van der Waals surface area contributed by atoms with Crippen LogP contribution in [0.2, 0.25) is 0 Å². The Morgan fingerprint density at radius 3 is 2.75 bits per heavy atom. The van der Waals surface area contributed by atoms with Crippen molar-refractivity contribution < 1.29 is 14.3 Å². The molecule has 0 aromatic heterocycles. The summed E-state index contributed by atoms with van der Waals surface area (Å²) in [4.78, 5) is 14.6. The van der Waals surface area contributed by atoms with Gasteiger partial charge >= 0.3 is 0 Å². The van der Waals surface area contributed by atoms with Crippen LogP contribution in [0.1, 0.15) is 17.3 Å². The van der Waals surface area contributed by atoms with Crippen LogP contribution in [0.5, 0.6) is 11.5 Å². The molecule has 1 heterocycles. The summed E-state index contributed by atoms with van der Waals surface area (Å²) < 4.78 is 10.4. The maximum absolute atomic E-state index is 12.7. The Kier molecular flexibility index (Phi) is 4.65. The molecule has 1 saturated heterocycles. The number of hydrogen-bond acceptors (Lipinski definition) is 5. The van der Waals surface area contributed by atoms with Crippen LogP contribution in [-0.4, -0.2) is 49.1 Å². The summed E-state index contributed by atoms with van der Waals surface area (Å²) in [6, 6.07) is 3.56. The summed E-state index contributed by atoms with van der Waals surface area (Å²) in [6.07, 6.45) is 0. The van der Waals surface area contributed by atoms with Crippen LogP contribution in [0.15, 0.2) is 12.1 Å². The molecule has 1 aromatic rings. The van der Waals surface area contributed by atoms with Gasteiger partial charge in [0.25, 0.3) is 5.91 Å². The number of benzene rings is 1. The molecule has 1 atom stereocenters. The highest BCUT2D eigenvalue weighted by atomic mass is 32.2. The summed E-state index contributed by atoms with van der Waals surface area (Å²) in [5.41, 5.74) is 6.85. The molecule has 1 unspecified atom stereocenters. The van der Waals surface area contributed by atoms with Crippen LogP contribution >= 0.6 is 11.8 Å². The molecule has 1 aromatic carbocycles. The number of anilines is 1. The maximum atomic E-state index is 12.7. The highest BCUT2D eigenvalue weighted by Gasteiger charge is 2.27. The first kappa shape index (κ1) is 14.8. The summed E-state index contributed by atoms with van der Waals surface area (Å²) in [6.45, 7) is 2.79. The Balaban J connectivity index is 2.37. The van der Waals surface area contributed by atoms with Gasteiger partial charge in [-0.1, -0.05) is 0 Å². The Hall–Kier alpha value is -1.56. The lowest BCUT2D eigenvalue weighted by molar-refractivity contribution is 0.0716. The Morgan fingerprint density at radius 2 is 2.15 bits per heavy atom. The number of thioether (sulfide) groups is 1. The molecule has 0 aliphatic carbocycles. The summed E-state index contributed by atoms with van der Waals surface area (Å²) in [5, 5.41) is 0. The van der Waals surface area contributed by atoms with Gasteiger partial charge in [0.05, 0.1) is 25.5 Å². The van der Waals surface area contributed by atoms with E-state index in [4.69, 9.17) is 15.2 Å². The molecular formula is C14H20N2O3S. The van der Waals surface area contributed by atoms with Gasteiger partial charge in [-0.15, -0.1) is 0 Å². The third-order valence-electron chi connectivity index (χ3n) is 3.43. The van der Waals surface area contributed by atoms with E-state index in [0.29, 0.717) is 22.7 Å². The number of methoxy groups -OCH3 is 2. The fraction of sp³-hybridized carbons (Fsp3) is 0.500. The largest absolute Gasteiger partial charge is 0.497 e. The fourth-order valence-corrected chi connectivity index (χ4v) is 3.26. The van der Waals surface area contributed by atoms with Gasteiger partial charge in [-0.25, -0.2) is 0 Å².